The van der Waals surface area contributed by atoms with Gasteiger partial charge in [-0.25, -0.2) is 0 Å². The van der Waals surface area contributed by atoms with E-state index in [1.165, 1.54) is 0 Å². The molecule has 29 heavy (non-hydrogen) atoms. The van der Waals surface area contributed by atoms with Gasteiger partial charge in [-0.15, -0.1) is 11.3 Å². The van der Waals surface area contributed by atoms with Crippen molar-refractivity contribution in [1.29, 1.82) is 0 Å². The summed E-state index contributed by atoms with van der Waals surface area (Å²) in [6.45, 7) is 0. The SMILES string of the molecule is CN1C(=O)c2ccccc2Sc2cc(-c3noc(C=Cc4cccs4)n3)ccc21. The first kappa shape index (κ1) is 17.9. The number of benzene rings is 2. The second kappa shape index (κ2) is 7.35. The molecule has 0 bridgehead atoms. The van der Waals surface area contributed by atoms with Crippen LogP contribution in [0, 0.1) is 0 Å². The fraction of sp³-hybridized carbons (Fsp3) is 0.0455. The predicted molar refractivity (Wildman–Crippen MR) is 116 cm³/mol. The Hall–Kier alpha value is -3.16. The van der Waals surface area contributed by atoms with Crippen LogP contribution in [0.1, 0.15) is 21.1 Å². The molecule has 1 amide bonds. The highest BCUT2D eigenvalue weighted by atomic mass is 32.2. The molecule has 4 aromatic rings. The maximum atomic E-state index is 12.8. The third-order valence-corrected chi connectivity index (χ3v) is 6.56. The molecule has 0 saturated carbocycles. The van der Waals surface area contributed by atoms with Crippen LogP contribution in [0.4, 0.5) is 5.69 Å². The Labute approximate surface area is 175 Å². The largest absolute Gasteiger partial charge is 0.334 e. The molecule has 1 aliphatic rings. The molecular weight excluding hydrogens is 402 g/mol. The number of carbonyl (C=O) groups is 1. The molecule has 2 aromatic heterocycles. The van der Waals surface area contributed by atoms with Crippen LogP contribution in [-0.4, -0.2) is 23.1 Å². The molecule has 2 aromatic carbocycles. The Kier molecular flexibility index (Phi) is 4.54. The summed E-state index contributed by atoms with van der Waals surface area (Å²) < 4.78 is 5.37. The van der Waals surface area contributed by atoms with Gasteiger partial charge in [-0.05, 0) is 47.9 Å². The number of thiophene rings is 1. The lowest BCUT2D eigenvalue weighted by atomic mass is 10.1. The third kappa shape index (κ3) is 3.39. The van der Waals surface area contributed by atoms with Gasteiger partial charge < -0.3 is 9.42 Å². The summed E-state index contributed by atoms with van der Waals surface area (Å²) in [7, 11) is 1.80. The molecule has 0 aliphatic carbocycles. The Bertz CT molecular complexity index is 1230. The van der Waals surface area contributed by atoms with Gasteiger partial charge in [0.15, 0.2) is 0 Å². The molecule has 0 saturated heterocycles. The van der Waals surface area contributed by atoms with Crippen LogP contribution in [0.15, 0.2) is 74.3 Å². The Morgan fingerprint density at radius 3 is 2.79 bits per heavy atom. The zero-order valence-corrected chi connectivity index (χ0v) is 17.0. The van der Waals surface area contributed by atoms with Gasteiger partial charge in [0.1, 0.15) is 0 Å². The first-order valence-corrected chi connectivity index (χ1v) is 10.6. The van der Waals surface area contributed by atoms with Crippen molar-refractivity contribution in [2.45, 2.75) is 9.79 Å². The molecule has 0 N–H and O–H groups in total. The first-order valence-electron chi connectivity index (χ1n) is 8.94. The maximum Gasteiger partial charge on any atom is 0.259 e. The Balaban J connectivity index is 1.49. The molecule has 5 nitrogen and oxygen atoms in total. The molecule has 7 heteroatoms. The maximum absolute atomic E-state index is 12.8. The van der Waals surface area contributed by atoms with E-state index in [1.807, 2.05) is 72.1 Å². The van der Waals surface area contributed by atoms with E-state index in [4.69, 9.17) is 4.52 Å². The summed E-state index contributed by atoms with van der Waals surface area (Å²) in [6, 6.07) is 17.5. The summed E-state index contributed by atoms with van der Waals surface area (Å²) in [6.07, 6.45) is 3.76. The van der Waals surface area contributed by atoms with Crippen LogP contribution >= 0.6 is 23.1 Å². The number of hydrogen-bond donors (Lipinski definition) is 0. The van der Waals surface area contributed by atoms with Crippen molar-refractivity contribution in [2.24, 2.45) is 0 Å². The number of rotatable bonds is 3. The predicted octanol–water partition coefficient (Wildman–Crippen LogP) is 5.71. The highest BCUT2D eigenvalue weighted by molar-refractivity contribution is 7.99. The fourth-order valence-electron chi connectivity index (χ4n) is 3.11. The van der Waals surface area contributed by atoms with Gasteiger partial charge in [0.05, 0.1) is 11.3 Å². The smallest absolute Gasteiger partial charge is 0.259 e. The molecular formula is C22H15N3O2S2. The van der Waals surface area contributed by atoms with E-state index >= 15 is 0 Å². The molecule has 0 spiro atoms. The van der Waals surface area contributed by atoms with Crippen molar-refractivity contribution in [3.05, 3.63) is 76.3 Å². The lowest BCUT2D eigenvalue weighted by Gasteiger charge is -2.17. The van der Waals surface area contributed by atoms with Gasteiger partial charge >= 0.3 is 0 Å². The molecule has 5 rings (SSSR count). The lowest BCUT2D eigenvalue weighted by molar-refractivity contribution is 0.0990. The quantitative estimate of drug-likeness (QED) is 0.427. The van der Waals surface area contributed by atoms with Crippen molar-refractivity contribution in [3.63, 3.8) is 0 Å². The van der Waals surface area contributed by atoms with Crippen molar-refractivity contribution in [1.82, 2.24) is 10.1 Å². The molecule has 3 heterocycles. The van der Waals surface area contributed by atoms with Crippen molar-refractivity contribution in [2.75, 3.05) is 11.9 Å². The average Bonchev–Trinajstić information content (AvgIpc) is 3.42. The van der Waals surface area contributed by atoms with Gasteiger partial charge in [-0.2, -0.15) is 4.98 Å². The normalized spacial score (nSPS) is 13.4. The number of anilines is 1. The topological polar surface area (TPSA) is 59.2 Å². The highest BCUT2D eigenvalue weighted by Gasteiger charge is 2.25. The summed E-state index contributed by atoms with van der Waals surface area (Å²) in [5.41, 5.74) is 2.41. The van der Waals surface area contributed by atoms with Gasteiger partial charge in [-0.1, -0.05) is 35.1 Å². The zero-order chi connectivity index (χ0) is 19.8. The Morgan fingerprint density at radius 2 is 1.93 bits per heavy atom. The van der Waals surface area contributed by atoms with E-state index in [-0.39, 0.29) is 5.91 Å². The standard InChI is InChI=1S/C22H15N3O2S2/c1-25-17-10-8-14(13-19(17)29-18-7-3-2-6-16(18)22(25)26)21-23-20(27-24-21)11-9-15-5-4-12-28-15/h2-13H,1H3. The van der Waals surface area contributed by atoms with Gasteiger partial charge in [-0.3, -0.25) is 4.79 Å². The van der Waals surface area contributed by atoms with Gasteiger partial charge in [0.25, 0.3) is 11.8 Å². The van der Waals surface area contributed by atoms with Crippen molar-refractivity contribution >= 4 is 46.8 Å². The van der Waals surface area contributed by atoms with Crippen LogP contribution < -0.4 is 4.90 Å². The average molecular weight is 418 g/mol. The van der Waals surface area contributed by atoms with Crippen LogP contribution in [0.25, 0.3) is 23.5 Å². The number of fused-ring (bicyclic) bond motifs is 2. The van der Waals surface area contributed by atoms with Gasteiger partial charge in [0, 0.05) is 33.4 Å². The van der Waals surface area contributed by atoms with Crippen LogP contribution in [0.5, 0.6) is 0 Å². The minimum atomic E-state index is -0.0137. The van der Waals surface area contributed by atoms with E-state index in [0.717, 1.165) is 25.9 Å². The molecule has 0 unspecified atom stereocenters. The Morgan fingerprint density at radius 1 is 1.03 bits per heavy atom. The summed E-state index contributed by atoms with van der Waals surface area (Å²) >= 11 is 3.22. The second-order valence-corrected chi connectivity index (χ2v) is 8.51. The van der Waals surface area contributed by atoms with Crippen molar-refractivity contribution < 1.29 is 9.32 Å². The van der Waals surface area contributed by atoms with E-state index < -0.39 is 0 Å². The number of aromatic nitrogens is 2. The van der Waals surface area contributed by atoms with Crippen molar-refractivity contribution in [3.8, 4) is 11.4 Å². The summed E-state index contributed by atoms with van der Waals surface area (Å²) in [4.78, 5) is 22.0. The summed E-state index contributed by atoms with van der Waals surface area (Å²) in [5.74, 6) is 0.958. The van der Waals surface area contributed by atoms with Gasteiger partial charge in [0.2, 0.25) is 5.82 Å². The zero-order valence-electron chi connectivity index (χ0n) is 15.4. The molecule has 0 fully saturated rings. The number of amides is 1. The molecule has 0 atom stereocenters. The van der Waals surface area contributed by atoms with E-state index in [0.29, 0.717) is 17.3 Å². The summed E-state index contributed by atoms with van der Waals surface area (Å²) in [5, 5.41) is 6.13. The van der Waals surface area contributed by atoms with E-state index in [1.54, 1.807) is 35.0 Å². The van der Waals surface area contributed by atoms with E-state index in [9.17, 15) is 4.79 Å². The minimum Gasteiger partial charge on any atom is -0.334 e. The highest BCUT2D eigenvalue weighted by Crippen LogP contribution is 2.42. The molecule has 142 valence electrons. The lowest BCUT2D eigenvalue weighted by Crippen LogP contribution is -2.25. The van der Waals surface area contributed by atoms with Crippen LogP contribution in [-0.2, 0) is 0 Å². The molecule has 0 radical (unpaired) electrons. The van der Waals surface area contributed by atoms with E-state index in [2.05, 4.69) is 10.1 Å². The number of carbonyl (C=O) groups excluding carboxylic acids is 1. The fourth-order valence-corrected chi connectivity index (χ4v) is 4.87. The monoisotopic (exact) mass is 417 g/mol. The third-order valence-electron chi connectivity index (χ3n) is 4.60. The minimum absolute atomic E-state index is 0.0137. The number of nitrogens with zero attached hydrogens (tertiary/aromatic N) is 3. The second-order valence-electron chi connectivity index (χ2n) is 6.45. The molecule has 1 aliphatic heterocycles. The first-order chi connectivity index (χ1) is 14.2. The van der Waals surface area contributed by atoms with Crippen LogP contribution in [0.3, 0.4) is 0 Å². The number of hydrogen-bond acceptors (Lipinski definition) is 6. The van der Waals surface area contributed by atoms with Crippen LogP contribution in [0.2, 0.25) is 0 Å².